The van der Waals surface area contributed by atoms with Crippen molar-refractivity contribution in [1.82, 2.24) is 0 Å². The highest BCUT2D eigenvalue weighted by Gasteiger charge is 2.33. The fourth-order valence-electron chi connectivity index (χ4n) is 2.98. The molecule has 2 unspecified atom stereocenters. The number of rotatable bonds is 2. The van der Waals surface area contributed by atoms with Gasteiger partial charge in [-0.2, -0.15) is 0 Å². The van der Waals surface area contributed by atoms with Crippen molar-refractivity contribution >= 4 is 11.4 Å². The molecular formula is C16H18N2O2. The molecule has 0 saturated carbocycles. The summed E-state index contributed by atoms with van der Waals surface area (Å²) in [6.07, 6.45) is -1.47. The fraction of sp³-hybridized carbons (Fsp3) is 0.250. The van der Waals surface area contributed by atoms with Gasteiger partial charge in [-0.05, 0) is 23.3 Å². The van der Waals surface area contributed by atoms with E-state index in [0.29, 0.717) is 0 Å². The summed E-state index contributed by atoms with van der Waals surface area (Å²) in [5.41, 5.74) is 4.67. The smallest absolute Gasteiger partial charge is 0.107 e. The molecule has 1 aliphatic rings. The van der Waals surface area contributed by atoms with Crippen molar-refractivity contribution < 1.29 is 10.2 Å². The van der Waals surface area contributed by atoms with Gasteiger partial charge in [0, 0.05) is 36.6 Å². The van der Waals surface area contributed by atoms with Gasteiger partial charge in [-0.3, -0.25) is 0 Å². The summed E-state index contributed by atoms with van der Waals surface area (Å²) in [6.45, 7) is 0. The van der Waals surface area contributed by atoms with E-state index in [1.165, 1.54) is 0 Å². The second-order valence-corrected chi connectivity index (χ2v) is 4.92. The van der Waals surface area contributed by atoms with Crippen molar-refractivity contribution in [2.24, 2.45) is 0 Å². The summed E-state index contributed by atoms with van der Waals surface area (Å²) >= 11 is 0. The first-order valence-electron chi connectivity index (χ1n) is 6.66. The number of nitrogens with one attached hydrogen (secondary N) is 2. The lowest BCUT2D eigenvalue weighted by Crippen LogP contribution is -2.20. The van der Waals surface area contributed by atoms with Crippen LogP contribution in [0.15, 0.2) is 36.4 Å². The second-order valence-electron chi connectivity index (χ2n) is 4.92. The molecule has 2 aromatic carbocycles. The van der Waals surface area contributed by atoms with Crippen molar-refractivity contribution in [3.05, 3.63) is 58.7 Å². The van der Waals surface area contributed by atoms with Crippen LogP contribution < -0.4 is 10.6 Å². The van der Waals surface area contributed by atoms with E-state index in [1.807, 2.05) is 50.5 Å². The highest BCUT2D eigenvalue weighted by Crippen LogP contribution is 2.46. The zero-order valence-electron chi connectivity index (χ0n) is 11.5. The zero-order chi connectivity index (χ0) is 14.3. The minimum atomic E-state index is -0.736. The Morgan fingerprint density at radius 2 is 1.15 bits per heavy atom. The topological polar surface area (TPSA) is 64.5 Å². The van der Waals surface area contributed by atoms with Crippen LogP contribution in [-0.2, 0) is 0 Å². The number of anilines is 2. The predicted molar refractivity (Wildman–Crippen MR) is 80.1 cm³/mol. The summed E-state index contributed by atoms with van der Waals surface area (Å²) in [7, 11) is 3.63. The lowest BCUT2D eigenvalue weighted by Gasteiger charge is -2.32. The minimum Gasteiger partial charge on any atom is -0.388 e. The number of hydrogen-bond acceptors (Lipinski definition) is 4. The normalized spacial score (nSPS) is 20.0. The van der Waals surface area contributed by atoms with Gasteiger partial charge in [-0.1, -0.05) is 24.3 Å². The number of benzene rings is 2. The van der Waals surface area contributed by atoms with E-state index in [0.717, 1.165) is 33.6 Å². The Morgan fingerprint density at radius 3 is 1.50 bits per heavy atom. The Morgan fingerprint density at radius 1 is 0.750 bits per heavy atom. The SMILES string of the molecule is CNc1ccc(NC)c2c1C(O)c1ccccc1C2O. The van der Waals surface area contributed by atoms with Gasteiger partial charge in [0.1, 0.15) is 12.2 Å². The van der Waals surface area contributed by atoms with Crippen molar-refractivity contribution in [1.29, 1.82) is 0 Å². The zero-order valence-corrected chi connectivity index (χ0v) is 11.5. The molecule has 0 saturated heterocycles. The maximum Gasteiger partial charge on any atom is 0.107 e. The van der Waals surface area contributed by atoms with Gasteiger partial charge in [0.2, 0.25) is 0 Å². The van der Waals surface area contributed by atoms with Crippen molar-refractivity contribution in [2.45, 2.75) is 12.2 Å². The standard InChI is InChI=1S/C16H18N2O2/c1-17-11-7-8-12(18-2)14-13(11)15(19)9-5-3-4-6-10(9)16(14)20/h3-8,15-20H,1-2H3. The molecule has 104 valence electrons. The molecule has 4 nitrogen and oxygen atoms in total. The van der Waals surface area contributed by atoms with Gasteiger partial charge in [-0.25, -0.2) is 0 Å². The first-order valence-corrected chi connectivity index (χ1v) is 6.66. The molecule has 3 rings (SSSR count). The van der Waals surface area contributed by atoms with E-state index in [4.69, 9.17) is 0 Å². The van der Waals surface area contributed by atoms with Crippen molar-refractivity contribution in [3.63, 3.8) is 0 Å². The van der Waals surface area contributed by atoms with Crippen molar-refractivity contribution in [2.75, 3.05) is 24.7 Å². The van der Waals surface area contributed by atoms with E-state index in [-0.39, 0.29) is 0 Å². The van der Waals surface area contributed by atoms with E-state index >= 15 is 0 Å². The van der Waals surface area contributed by atoms with E-state index in [2.05, 4.69) is 10.6 Å². The quantitative estimate of drug-likeness (QED) is 0.676. The molecule has 0 aromatic heterocycles. The summed E-state index contributed by atoms with van der Waals surface area (Å²) in [4.78, 5) is 0. The lowest BCUT2D eigenvalue weighted by molar-refractivity contribution is 0.174. The Kier molecular flexibility index (Phi) is 3.12. The third kappa shape index (κ3) is 1.69. The van der Waals surface area contributed by atoms with Gasteiger partial charge < -0.3 is 20.8 Å². The highest BCUT2D eigenvalue weighted by atomic mass is 16.3. The van der Waals surface area contributed by atoms with Crippen LogP contribution in [0.4, 0.5) is 11.4 Å². The van der Waals surface area contributed by atoms with Crippen LogP contribution >= 0.6 is 0 Å². The Balaban J connectivity index is 2.31. The fourth-order valence-corrected chi connectivity index (χ4v) is 2.98. The molecule has 0 heterocycles. The predicted octanol–water partition coefficient (Wildman–Crippen LogP) is 2.25. The van der Waals surface area contributed by atoms with Crippen LogP contribution in [0.2, 0.25) is 0 Å². The van der Waals surface area contributed by atoms with Crippen molar-refractivity contribution in [3.8, 4) is 0 Å². The van der Waals surface area contributed by atoms with Crippen LogP contribution in [0.5, 0.6) is 0 Å². The van der Waals surface area contributed by atoms with Gasteiger partial charge in [-0.15, -0.1) is 0 Å². The van der Waals surface area contributed by atoms with Gasteiger partial charge >= 0.3 is 0 Å². The molecule has 4 heteroatoms. The number of fused-ring (bicyclic) bond motifs is 2. The van der Waals surface area contributed by atoms with Gasteiger partial charge in [0.25, 0.3) is 0 Å². The number of aliphatic hydroxyl groups is 2. The van der Waals surface area contributed by atoms with Gasteiger partial charge in [0.05, 0.1) is 0 Å². The van der Waals surface area contributed by atoms with Crippen LogP contribution in [0, 0.1) is 0 Å². The molecule has 20 heavy (non-hydrogen) atoms. The second kappa shape index (κ2) is 4.81. The maximum absolute atomic E-state index is 10.7. The van der Waals surface area contributed by atoms with E-state index < -0.39 is 12.2 Å². The Bertz CT molecular complexity index is 599. The minimum absolute atomic E-state index is 0.736. The third-order valence-corrected chi connectivity index (χ3v) is 3.96. The van der Waals surface area contributed by atoms with Crippen LogP contribution in [-0.4, -0.2) is 24.3 Å². The molecule has 2 aromatic rings. The maximum atomic E-state index is 10.7. The molecule has 0 aliphatic heterocycles. The molecule has 2 atom stereocenters. The van der Waals surface area contributed by atoms with Crippen LogP contribution in [0.3, 0.4) is 0 Å². The molecule has 0 bridgehead atoms. The first-order chi connectivity index (χ1) is 9.69. The Hall–Kier alpha value is -2.04. The van der Waals surface area contributed by atoms with Crippen LogP contribution in [0.25, 0.3) is 0 Å². The Labute approximate surface area is 118 Å². The number of aliphatic hydroxyl groups excluding tert-OH is 2. The molecule has 0 spiro atoms. The summed E-state index contributed by atoms with van der Waals surface area (Å²) in [5, 5.41) is 27.5. The molecule has 0 fully saturated rings. The number of hydrogen-bond donors (Lipinski definition) is 4. The van der Waals surface area contributed by atoms with Gasteiger partial charge in [0.15, 0.2) is 0 Å². The molecule has 0 radical (unpaired) electrons. The van der Waals surface area contributed by atoms with Crippen LogP contribution in [0.1, 0.15) is 34.5 Å². The average Bonchev–Trinajstić information content (AvgIpc) is 2.51. The largest absolute Gasteiger partial charge is 0.388 e. The highest BCUT2D eigenvalue weighted by molar-refractivity contribution is 5.71. The average molecular weight is 270 g/mol. The van der Waals surface area contributed by atoms with E-state index in [1.54, 1.807) is 0 Å². The molecular weight excluding hydrogens is 252 g/mol. The molecule has 0 amide bonds. The molecule has 1 aliphatic carbocycles. The lowest BCUT2D eigenvalue weighted by atomic mass is 9.80. The summed E-state index contributed by atoms with van der Waals surface area (Å²) in [5.74, 6) is 0. The summed E-state index contributed by atoms with van der Waals surface area (Å²) < 4.78 is 0. The van der Waals surface area contributed by atoms with E-state index in [9.17, 15) is 10.2 Å². The molecule has 4 N–H and O–H groups in total. The summed E-state index contributed by atoms with van der Waals surface area (Å²) in [6, 6.07) is 11.3. The monoisotopic (exact) mass is 270 g/mol. The first kappa shape index (κ1) is 13.0. The third-order valence-electron chi connectivity index (χ3n) is 3.96.